The quantitative estimate of drug-likeness (QED) is 0.623. The fourth-order valence-corrected chi connectivity index (χ4v) is 1.86. The van der Waals surface area contributed by atoms with Crippen LogP contribution >= 0.6 is 0 Å². The third-order valence-corrected chi connectivity index (χ3v) is 2.97. The first-order chi connectivity index (χ1) is 11.0. The number of hydrogen-bond acceptors (Lipinski definition) is 5. The summed E-state index contributed by atoms with van der Waals surface area (Å²) in [6, 6.07) is 10.9. The number of ketones is 1. The van der Waals surface area contributed by atoms with Gasteiger partial charge in [0.25, 0.3) is 0 Å². The van der Waals surface area contributed by atoms with Crippen LogP contribution in [0.3, 0.4) is 0 Å². The summed E-state index contributed by atoms with van der Waals surface area (Å²) in [5.74, 6) is -0.0202. The molecule has 0 heterocycles. The fraction of sp³-hybridized carbons (Fsp3) is 0.176. The molecule has 0 saturated heterocycles. The molecule has 6 heteroatoms. The van der Waals surface area contributed by atoms with Crippen molar-refractivity contribution in [1.29, 1.82) is 0 Å². The summed E-state index contributed by atoms with van der Waals surface area (Å²) < 4.78 is 15.7. The summed E-state index contributed by atoms with van der Waals surface area (Å²) in [7, 11) is 1.47. The highest BCUT2D eigenvalue weighted by Gasteiger charge is 2.10. The van der Waals surface area contributed by atoms with E-state index >= 15 is 0 Å². The lowest BCUT2D eigenvalue weighted by Gasteiger charge is -2.10. The zero-order valence-electron chi connectivity index (χ0n) is 12.7. The summed E-state index contributed by atoms with van der Waals surface area (Å²) in [5, 5.41) is 9.14. The van der Waals surface area contributed by atoms with Crippen LogP contribution in [0.5, 0.6) is 17.2 Å². The molecule has 2 rings (SSSR count). The number of Topliss-reactive ketones (excluding diaryl/α,β-unsaturated/α-hetero) is 1. The van der Waals surface area contributed by atoms with E-state index in [4.69, 9.17) is 19.3 Å². The maximum atomic E-state index is 11.2. The molecule has 0 aromatic heterocycles. The Kier molecular flexibility index (Phi) is 5.32. The minimum absolute atomic E-state index is 0.00415. The molecule has 2 aromatic rings. The second-order valence-corrected chi connectivity index (χ2v) is 4.73. The predicted octanol–water partition coefficient (Wildman–Crippen LogP) is 3.36. The van der Waals surface area contributed by atoms with Crippen molar-refractivity contribution in [3.63, 3.8) is 0 Å². The van der Waals surface area contributed by atoms with E-state index < -0.39 is 5.97 Å². The Morgan fingerprint density at radius 1 is 0.957 bits per heavy atom. The number of carboxylic acids is 1. The van der Waals surface area contributed by atoms with Crippen LogP contribution in [0.1, 0.15) is 27.6 Å². The van der Waals surface area contributed by atoms with E-state index in [0.29, 0.717) is 22.8 Å². The Bertz CT molecular complexity index is 706. The standard InChI is InChI=1S/C17H16O6/c1-11(18)12-3-5-14(6-4-12)23-16-8-13(17(19)20)7-15(9-16)22-10-21-2/h3-9H,10H2,1-2H3,(H,19,20). The van der Waals surface area contributed by atoms with Crippen molar-refractivity contribution >= 4 is 11.8 Å². The number of hydrogen-bond donors (Lipinski definition) is 1. The molecule has 0 unspecified atom stereocenters. The van der Waals surface area contributed by atoms with Gasteiger partial charge < -0.3 is 19.3 Å². The van der Waals surface area contributed by atoms with Gasteiger partial charge in [-0.1, -0.05) is 0 Å². The molecule has 0 spiro atoms. The van der Waals surface area contributed by atoms with E-state index in [1.54, 1.807) is 30.3 Å². The number of benzene rings is 2. The fourth-order valence-electron chi connectivity index (χ4n) is 1.86. The van der Waals surface area contributed by atoms with Gasteiger partial charge in [-0.3, -0.25) is 4.79 Å². The topological polar surface area (TPSA) is 82.1 Å². The van der Waals surface area contributed by atoms with E-state index in [2.05, 4.69) is 0 Å². The minimum atomic E-state index is -1.09. The van der Waals surface area contributed by atoms with Gasteiger partial charge in [0.1, 0.15) is 17.2 Å². The largest absolute Gasteiger partial charge is 0.478 e. The normalized spacial score (nSPS) is 10.2. The maximum absolute atomic E-state index is 11.2. The molecule has 0 aliphatic heterocycles. The molecule has 0 atom stereocenters. The minimum Gasteiger partial charge on any atom is -0.478 e. The summed E-state index contributed by atoms with van der Waals surface area (Å²) in [6.07, 6.45) is 0. The molecule has 6 nitrogen and oxygen atoms in total. The van der Waals surface area contributed by atoms with Crippen LogP contribution in [0.25, 0.3) is 0 Å². The number of methoxy groups -OCH3 is 1. The molecular weight excluding hydrogens is 300 g/mol. The molecule has 0 saturated carbocycles. The molecule has 1 N–H and O–H groups in total. The Labute approximate surface area is 133 Å². The van der Waals surface area contributed by atoms with E-state index in [1.165, 1.54) is 26.2 Å². The van der Waals surface area contributed by atoms with Crippen LogP contribution in [0, 0.1) is 0 Å². The van der Waals surface area contributed by atoms with Crippen LogP contribution in [0.4, 0.5) is 0 Å². The first kappa shape index (κ1) is 16.5. The van der Waals surface area contributed by atoms with Gasteiger partial charge in [0, 0.05) is 18.7 Å². The molecule has 0 aliphatic rings. The van der Waals surface area contributed by atoms with Gasteiger partial charge in [0.15, 0.2) is 12.6 Å². The van der Waals surface area contributed by atoms with Crippen LogP contribution < -0.4 is 9.47 Å². The molecule has 23 heavy (non-hydrogen) atoms. The highest BCUT2D eigenvalue weighted by molar-refractivity contribution is 5.94. The zero-order chi connectivity index (χ0) is 16.8. The molecule has 0 aliphatic carbocycles. The molecular formula is C17H16O6. The summed E-state index contributed by atoms with van der Waals surface area (Å²) in [5.41, 5.74) is 0.606. The Morgan fingerprint density at radius 2 is 1.61 bits per heavy atom. The number of rotatable bonds is 7. The predicted molar refractivity (Wildman–Crippen MR) is 82.4 cm³/mol. The lowest BCUT2D eigenvalue weighted by molar-refractivity contribution is 0.0506. The first-order valence-electron chi connectivity index (χ1n) is 6.78. The van der Waals surface area contributed by atoms with Crippen molar-refractivity contribution in [3.05, 3.63) is 53.6 Å². The Morgan fingerprint density at radius 3 is 2.17 bits per heavy atom. The van der Waals surface area contributed by atoms with Crippen molar-refractivity contribution in [2.24, 2.45) is 0 Å². The highest BCUT2D eigenvalue weighted by Crippen LogP contribution is 2.28. The van der Waals surface area contributed by atoms with Crippen LogP contribution in [-0.2, 0) is 4.74 Å². The first-order valence-corrected chi connectivity index (χ1v) is 6.78. The number of ether oxygens (including phenoxy) is 3. The molecule has 120 valence electrons. The molecule has 2 aromatic carbocycles. The Hall–Kier alpha value is -2.86. The van der Waals surface area contributed by atoms with Gasteiger partial charge in [-0.05, 0) is 43.3 Å². The highest BCUT2D eigenvalue weighted by atomic mass is 16.7. The zero-order valence-corrected chi connectivity index (χ0v) is 12.7. The number of aromatic carboxylic acids is 1. The second kappa shape index (κ2) is 7.42. The molecule has 0 fully saturated rings. The average molecular weight is 316 g/mol. The third-order valence-electron chi connectivity index (χ3n) is 2.97. The lowest BCUT2D eigenvalue weighted by atomic mass is 10.1. The van der Waals surface area contributed by atoms with Crippen LogP contribution in [0.15, 0.2) is 42.5 Å². The Balaban J connectivity index is 2.25. The van der Waals surface area contributed by atoms with E-state index in [1.807, 2.05) is 0 Å². The number of carbonyl (C=O) groups is 2. The monoisotopic (exact) mass is 316 g/mol. The van der Waals surface area contributed by atoms with Crippen molar-refractivity contribution in [1.82, 2.24) is 0 Å². The van der Waals surface area contributed by atoms with Gasteiger partial charge in [-0.2, -0.15) is 0 Å². The van der Waals surface area contributed by atoms with Crippen molar-refractivity contribution in [2.75, 3.05) is 13.9 Å². The SMILES string of the molecule is COCOc1cc(Oc2ccc(C(C)=O)cc2)cc(C(=O)O)c1. The van der Waals surface area contributed by atoms with Gasteiger partial charge in [0.05, 0.1) is 5.56 Å². The van der Waals surface area contributed by atoms with Gasteiger partial charge in [0.2, 0.25) is 0 Å². The number of carbonyl (C=O) groups excluding carboxylic acids is 1. The van der Waals surface area contributed by atoms with Crippen LogP contribution in [0.2, 0.25) is 0 Å². The van der Waals surface area contributed by atoms with Crippen molar-refractivity contribution in [3.8, 4) is 17.2 Å². The van der Waals surface area contributed by atoms with E-state index in [9.17, 15) is 9.59 Å². The lowest BCUT2D eigenvalue weighted by Crippen LogP contribution is -2.02. The van der Waals surface area contributed by atoms with E-state index in [0.717, 1.165) is 0 Å². The smallest absolute Gasteiger partial charge is 0.335 e. The second-order valence-electron chi connectivity index (χ2n) is 4.73. The maximum Gasteiger partial charge on any atom is 0.335 e. The van der Waals surface area contributed by atoms with Crippen molar-refractivity contribution in [2.45, 2.75) is 6.92 Å². The van der Waals surface area contributed by atoms with Crippen molar-refractivity contribution < 1.29 is 28.9 Å². The van der Waals surface area contributed by atoms with E-state index in [-0.39, 0.29) is 18.1 Å². The summed E-state index contributed by atoms with van der Waals surface area (Å²) in [6.45, 7) is 1.47. The third kappa shape index (κ3) is 4.55. The van der Waals surface area contributed by atoms with Gasteiger partial charge >= 0.3 is 5.97 Å². The van der Waals surface area contributed by atoms with Gasteiger partial charge in [-0.25, -0.2) is 4.79 Å². The number of carboxylic acid groups (broad SMARTS) is 1. The molecule has 0 bridgehead atoms. The summed E-state index contributed by atoms with van der Waals surface area (Å²) >= 11 is 0. The molecule has 0 amide bonds. The average Bonchev–Trinajstić information content (AvgIpc) is 2.53. The summed E-state index contributed by atoms with van der Waals surface area (Å²) in [4.78, 5) is 22.4. The molecule has 0 radical (unpaired) electrons. The van der Waals surface area contributed by atoms with Crippen LogP contribution in [-0.4, -0.2) is 30.8 Å². The van der Waals surface area contributed by atoms with Gasteiger partial charge in [-0.15, -0.1) is 0 Å².